The number of esters is 1. The van der Waals surface area contributed by atoms with E-state index in [1.165, 1.54) is 76.7 Å². The Morgan fingerprint density at radius 3 is 2.15 bits per heavy atom. The largest absolute Gasteiger partial charge is 0.507 e. The van der Waals surface area contributed by atoms with Crippen LogP contribution in [0, 0.1) is 0 Å². The summed E-state index contributed by atoms with van der Waals surface area (Å²) in [6.45, 7) is 2.59. The van der Waals surface area contributed by atoms with E-state index in [0.717, 1.165) is 12.8 Å². The van der Waals surface area contributed by atoms with Crippen molar-refractivity contribution in [3.05, 3.63) is 23.8 Å². The monoisotopic (exact) mass is 379 g/mol. The van der Waals surface area contributed by atoms with Gasteiger partial charge in [-0.1, -0.05) is 64.7 Å². The van der Waals surface area contributed by atoms with Crippen molar-refractivity contribution in [1.82, 2.24) is 0 Å². The van der Waals surface area contributed by atoms with Crippen LogP contribution in [0.3, 0.4) is 0 Å². The van der Waals surface area contributed by atoms with Crippen LogP contribution in [0.1, 0.15) is 81.5 Å². The Morgan fingerprint density at radius 2 is 1.56 bits per heavy atom. The highest BCUT2D eigenvalue weighted by Crippen LogP contribution is 2.22. The van der Waals surface area contributed by atoms with Gasteiger partial charge in [0, 0.05) is 5.69 Å². The van der Waals surface area contributed by atoms with E-state index in [0.29, 0.717) is 12.3 Å². The molecule has 6 heteroatoms. The van der Waals surface area contributed by atoms with Gasteiger partial charge in [0.15, 0.2) is 0 Å². The third-order valence-corrected chi connectivity index (χ3v) is 4.38. The molecule has 152 valence electrons. The van der Waals surface area contributed by atoms with Crippen molar-refractivity contribution in [1.29, 1.82) is 0 Å². The summed E-state index contributed by atoms with van der Waals surface area (Å²) in [5.41, 5.74) is 0.353. The van der Waals surface area contributed by atoms with Crippen LogP contribution < -0.4 is 5.32 Å². The summed E-state index contributed by atoms with van der Waals surface area (Å²) in [6.07, 6.45) is 11.6. The molecule has 0 spiro atoms. The second-order valence-corrected chi connectivity index (χ2v) is 6.67. The lowest BCUT2D eigenvalue weighted by atomic mass is 10.1. The van der Waals surface area contributed by atoms with Crippen LogP contribution >= 0.6 is 0 Å². The number of nitrogens with one attached hydrogen (secondary N) is 1. The zero-order chi connectivity index (χ0) is 19.9. The standard InChI is InChI=1S/C21H33NO5/c1-3-4-5-6-7-8-9-10-11-12-15-27-21(25)22-17-13-14-19(23)18(16-17)20(24)26-2/h13-14,16,23H,3-12,15H2,1-2H3,(H,22,25). The number of carbonyl (C=O) groups excluding carboxylic acids is 2. The number of benzene rings is 1. The van der Waals surface area contributed by atoms with Crippen molar-refractivity contribution >= 4 is 17.7 Å². The third kappa shape index (κ3) is 9.87. The van der Waals surface area contributed by atoms with Gasteiger partial charge in [0.25, 0.3) is 0 Å². The number of amides is 1. The normalized spacial score (nSPS) is 10.4. The number of hydrogen-bond acceptors (Lipinski definition) is 5. The number of phenols is 1. The number of rotatable bonds is 13. The predicted octanol–water partition coefficient (Wildman–Crippen LogP) is 5.65. The van der Waals surface area contributed by atoms with E-state index in [2.05, 4.69) is 17.0 Å². The number of unbranched alkanes of at least 4 members (excludes halogenated alkanes) is 9. The molecule has 0 saturated heterocycles. The zero-order valence-corrected chi connectivity index (χ0v) is 16.6. The second kappa shape index (κ2) is 13.9. The van der Waals surface area contributed by atoms with Gasteiger partial charge < -0.3 is 14.6 Å². The van der Waals surface area contributed by atoms with Crippen molar-refractivity contribution in [2.45, 2.75) is 71.1 Å². The minimum absolute atomic E-state index is 0.00926. The summed E-state index contributed by atoms with van der Waals surface area (Å²) in [4.78, 5) is 23.3. The molecule has 0 aliphatic carbocycles. The van der Waals surface area contributed by atoms with E-state index in [1.54, 1.807) is 0 Å². The highest BCUT2D eigenvalue weighted by Gasteiger charge is 2.13. The molecule has 0 bridgehead atoms. The van der Waals surface area contributed by atoms with Crippen LogP contribution in [0.15, 0.2) is 18.2 Å². The highest BCUT2D eigenvalue weighted by molar-refractivity contribution is 5.95. The van der Waals surface area contributed by atoms with E-state index in [4.69, 9.17) is 4.74 Å². The SMILES string of the molecule is CCCCCCCCCCCCOC(=O)Nc1ccc(O)c(C(=O)OC)c1. The average Bonchev–Trinajstić information content (AvgIpc) is 2.67. The van der Waals surface area contributed by atoms with Gasteiger partial charge in [0.1, 0.15) is 11.3 Å². The summed E-state index contributed by atoms with van der Waals surface area (Å²) < 4.78 is 9.72. The first kappa shape index (κ1) is 22.8. The summed E-state index contributed by atoms with van der Waals surface area (Å²) in [5, 5.41) is 12.2. The van der Waals surface area contributed by atoms with Gasteiger partial charge >= 0.3 is 12.1 Å². The summed E-state index contributed by atoms with van der Waals surface area (Å²) in [5.74, 6) is -0.874. The van der Waals surface area contributed by atoms with Crippen LogP contribution in [0.5, 0.6) is 5.75 Å². The molecule has 0 aromatic heterocycles. The number of anilines is 1. The van der Waals surface area contributed by atoms with Crippen LogP contribution in [-0.2, 0) is 9.47 Å². The molecule has 6 nitrogen and oxygen atoms in total. The Morgan fingerprint density at radius 1 is 0.963 bits per heavy atom. The summed E-state index contributed by atoms with van der Waals surface area (Å²) in [7, 11) is 1.22. The third-order valence-electron chi connectivity index (χ3n) is 4.38. The molecule has 0 unspecified atom stereocenters. The molecule has 1 rings (SSSR count). The van der Waals surface area contributed by atoms with E-state index in [-0.39, 0.29) is 11.3 Å². The first-order chi connectivity index (χ1) is 13.1. The van der Waals surface area contributed by atoms with Crippen molar-refractivity contribution in [2.75, 3.05) is 19.0 Å². The lowest BCUT2D eigenvalue weighted by Crippen LogP contribution is -2.15. The number of ether oxygens (including phenoxy) is 2. The first-order valence-corrected chi connectivity index (χ1v) is 9.93. The Balaban J connectivity index is 2.13. The molecule has 1 amide bonds. The van der Waals surface area contributed by atoms with Crippen LogP contribution in [0.25, 0.3) is 0 Å². The fourth-order valence-electron chi connectivity index (χ4n) is 2.80. The van der Waals surface area contributed by atoms with Gasteiger partial charge in [0.2, 0.25) is 0 Å². The first-order valence-electron chi connectivity index (χ1n) is 9.93. The van der Waals surface area contributed by atoms with Gasteiger partial charge in [-0.15, -0.1) is 0 Å². The maximum Gasteiger partial charge on any atom is 0.411 e. The maximum absolute atomic E-state index is 11.8. The average molecular weight is 379 g/mol. The molecular formula is C21H33NO5. The van der Waals surface area contributed by atoms with Gasteiger partial charge in [0.05, 0.1) is 13.7 Å². The molecule has 0 aliphatic heterocycles. The molecule has 0 fully saturated rings. The summed E-state index contributed by atoms with van der Waals surface area (Å²) in [6, 6.07) is 4.16. The Bertz CT molecular complexity index is 574. The van der Waals surface area contributed by atoms with E-state index < -0.39 is 12.1 Å². The predicted molar refractivity (Wildman–Crippen MR) is 106 cm³/mol. The fraction of sp³-hybridized carbons (Fsp3) is 0.619. The molecule has 0 atom stereocenters. The van der Waals surface area contributed by atoms with E-state index in [1.807, 2.05) is 0 Å². The fourth-order valence-corrected chi connectivity index (χ4v) is 2.80. The van der Waals surface area contributed by atoms with Crippen molar-refractivity contribution < 1.29 is 24.2 Å². The van der Waals surface area contributed by atoms with Crippen LogP contribution in [-0.4, -0.2) is 30.9 Å². The quantitative estimate of drug-likeness (QED) is 0.263. The highest BCUT2D eigenvalue weighted by atomic mass is 16.5. The Kier molecular flexibility index (Phi) is 11.7. The smallest absolute Gasteiger partial charge is 0.411 e. The Labute approximate surface area is 162 Å². The lowest BCUT2D eigenvalue weighted by molar-refractivity contribution is 0.0597. The van der Waals surface area contributed by atoms with Crippen molar-refractivity contribution in [3.8, 4) is 5.75 Å². The second-order valence-electron chi connectivity index (χ2n) is 6.67. The number of aromatic hydroxyl groups is 1. The molecule has 0 radical (unpaired) electrons. The van der Waals surface area contributed by atoms with Crippen LogP contribution in [0.4, 0.5) is 10.5 Å². The Hall–Kier alpha value is -2.24. The molecule has 2 N–H and O–H groups in total. The maximum atomic E-state index is 11.8. The number of carbonyl (C=O) groups is 2. The number of hydrogen-bond donors (Lipinski definition) is 2. The van der Waals surface area contributed by atoms with Crippen molar-refractivity contribution in [2.24, 2.45) is 0 Å². The summed E-state index contributed by atoms with van der Waals surface area (Å²) >= 11 is 0. The molecule has 1 aromatic carbocycles. The van der Waals surface area contributed by atoms with E-state index >= 15 is 0 Å². The van der Waals surface area contributed by atoms with Gasteiger partial charge in [-0.05, 0) is 24.6 Å². The molecular weight excluding hydrogens is 346 g/mol. The molecule has 27 heavy (non-hydrogen) atoms. The molecule has 0 aliphatic rings. The number of methoxy groups -OCH3 is 1. The van der Waals surface area contributed by atoms with Gasteiger partial charge in [-0.25, -0.2) is 9.59 Å². The van der Waals surface area contributed by atoms with E-state index in [9.17, 15) is 14.7 Å². The van der Waals surface area contributed by atoms with Crippen molar-refractivity contribution in [3.63, 3.8) is 0 Å². The zero-order valence-electron chi connectivity index (χ0n) is 16.6. The minimum atomic E-state index is -0.671. The minimum Gasteiger partial charge on any atom is -0.507 e. The lowest BCUT2D eigenvalue weighted by Gasteiger charge is -2.09. The molecule has 0 heterocycles. The molecule has 0 saturated carbocycles. The van der Waals surface area contributed by atoms with Crippen LogP contribution in [0.2, 0.25) is 0 Å². The topological polar surface area (TPSA) is 84.9 Å². The number of phenolic OH excluding ortho intramolecular Hbond substituents is 1. The van der Waals surface area contributed by atoms with Gasteiger partial charge in [-0.2, -0.15) is 0 Å². The molecule has 1 aromatic rings. The van der Waals surface area contributed by atoms with Gasteiger partial charge in [-0.3, -0.25) is 5.32 Å².